The van der Waals surface area contributed by atoms with Crippen LogP contribution >= 0.6 is 0 Å². The largest absolute Gasteiger partial charge is 0.405 e. The number of piperidine rings is 1. The van der Waals surface area contributed by atoms with Gasteiger partial charge in [-0.3, -0.25) is 9.89 Å². The molecule has 1 fully saturated rings. The van der Waals surface area contributed by atoms with Gasteiger partial charge in [0.2, 0.25) is 10.0 Å². The highest BCUT2D eigenvalue weighted by Crippen LogP contribution is 2.28. The molecule has 3 rings (SSSR count). The number of sulfonamides is 1. The molecular weight excluding hydrogens is 411 g/mol. The predicted molar refractivity (Wildman–Crippen MR) is 96.7 cm³/mol. The van der Waals surface area contributed by atoms with Crippen molar-refractivity contribution in [2.45, 2.75) is 36.8 Å². The number of carbonyl (C=O) groups excluding carboxylic acids is 1. The van der Waals surface area contributed by atoms with Crippen molar-refractivity contribution in [3.63, 3.8) is 0 Å². The van der Waals surface area contributed by atoms with Crippen LogP contribution in [0.3, 0.4) is 0 Å². The lowest BCUT2D eigenvalue weighted by molar-refractivity contribution is -0.123. The molecule has 2 heterocycles. The van der Waals surface area contributed by atoms with E-state index in [0.717, 1.165) is 6.42 Å². The van der Waals surface area contributed by atoms with E-state index >= 15 is 0 Å². The first-order chi connectivity index (χ1) is 13.6. The Morgan fingerprint density at radius 1 is 1.31 bits per heavy atom. The van der Waals surface area contributed by atoms with Crippen LogP contribution in [0.1, 0.15) is 40.8 Å². The van der Waals surface area contributed by atoms with Crippen molar-refractivity contribution in [2.75, 3.05) is 19.6 Å². The summed E-state index contributed by atoms with van der Waals surface area (Å²) in [4.78, 5) is 16.0. The Balaban J connectivity index is 1.71. The number of nitrogens with zero attached hydrogens (tertiary/aromatic N) is 3. The molecule has 0 radical (unpaired) electrons. The van der Waals surface area contributed by atoms with Gasteiger partial charge in [0.05, 0.1) is 4.90 Å². The second-order valence-corrected chi connectivity index (χ2v) is 8.74. The van der Waals surface area contributed by atoms with E-state index in [4.69, 9.17) is 0 Å². The Kier molecular flexibility index (Phi) is 5.94. The number of aryl methyl sites for hydroxylation is 1. The zero-order valence-corrected chi connectivity index (χ0v) is 16.3. The monoisotopic (exact) mass is 431 g/mol. The first-order valence-electron chi connectivity index (χ1n) is 8.90. The number of H-pyrrole nitrogens is 1. The van der Waals surface area contributed by atoms with Gasteiger partial charge in [-0.15, -0.1) is 0 Å². The van der Waals surface area contributed by atoms with Crippen molar-refractivity contribution in [2.24, 2.45) is 0 Å². The van der Waals surface area contributed by atoms with Crippen LogP contribution in [-0.2, 0) is 10.0 Å². The highest BCUT2D eigenvalue weighted by molar-refractivity contribution is 7.89. The van der Waals surface area contributed by atoms with Gasteiger partial charge in [0.15, 0.2) is 5.82 Å². The third kappa shape index (κ3) is 5.12. The number of benzene rings is 1. The van der Waals surface area contributed by atoms with Crippen LogP contribution < -0.4 is 5.32 Å². The molecule has 29 heavy (non-hydrogen) atoms. The molecule has 1 aliphatic heterocycles. The number of carbonyl (C=O) groups is 1. The van der Waals surface area contributed by atoms with Crippen molar-refractivity contribution in [3.8, 4) is 0 Å². The fourth-order valence-electron chi connectivity index (χ4n) is 3.12. The molecule has 8 nitrogen and oxygen atoms in total. The van der Waals surface area contributed by atoms with Gasteiger partial charge in [-0.25, -0.2) is 13.4 Å². The lowest BCUT2D eigenvalue weighted by Crippen LogP contribution is -2.39. The Morgan fingerprint density at radius 2 is 2.00 bits per heavy atom. The van der Waals surface area contributed by atoms with Gasteiger partial charge >= 0.3 is 6.18 Å². The molecule has 1 amide bonds. The summed E-state index contributed by atoms with van der Waals surface area (Å²) in [6.45, 7) is 0.880. The molecule has 1 atom stereocenters. The van der Waals surface area contributed by atoms with Gasteiger partial charge in [0.1, 0.15) is 12.4 Å². The number of nitrogens with one attached hydrogen (secondary N) is 2. The summed E-state index contributed by atoms with van der Waals surface area (Å²) in [5.74, 6) is 0.165. The summed E-state index contributed by atoms with van der Waals surface area (Å²) in [6, 6.07) is 4.83. The van der Waals surface area contributed by atoms with E-state index in [9.17, 15) is 26.4 Å². The van der Waals surface area contributed by atoms with Crippen LogP contribution in [0, 0.1) is 6.92 Å². The van der Waals surface area contributed by atoms with Crippen LogP contribution in [-0.4, -0.2) is 59.6 Å². The Labute approximate surface area is 165 Å². The molecular formula is C17H20F3N5O3S. The molecule has 0 aliphatic carbocycles. The fraction of sp³-hybridized carbons (Fsp3) is 0.471. The molecule has 1 saturated heterocycles. The van der Waals surface area contributed by atoms with Crippen molar-refractivity contribution >= 4 is 15.9 Å². The fourth-order valence-corrected chi connectivity index (χ4v) is 4.65. The van der Waals surface area contributed by atoms with Crippen molar-refractivity contribution in [3.05, 3.63) is 41.5 Å². The molecule has 0 spiro atoms. The zero-order chi connectivity index (χ0) is 21.2. The molecule has 158 valence electrons. The maximum atomic E-state index is 12.9. The molecule has 2 N–H and O–H groups in total. The third-order valence-corrected chi connectivity index (χ3v) is 6.45. The number of aromatic amines is 1. The van der Waals surface area contributed by atoms with Crippen molar-refractivity contribution in [1.29, 1.82) is 0 Å². The third-order valence-electron chi connectivity index (χ3n) is 4.57. The summed E-state index contributed by atoms with van der Waals surface area (Å²) in [5, 5.41) is 8.61. The maximum Gasteiger partial charge on any atom is 0.405 e. The van der Waals surface area contributed by atoms with E-state index in [2.05, 4.69) is 15.2 Å². The zero-order valence-electron chi connectivity index (χ0n) is 15.5. The molecule has 1 aliphatic rings. The van der Waals surface area contributed by atoms with Crippen molar-refractivity contribution < 1.29 is 26.4 Å². The van der Waals surface area contributed by atoms with E-state index in [0.29, 0.717) is 24.6 Å². The second-order valence-electron chi connectivity index (χ2n) is 6.80. The normalized spacial score (nSPS) is 18.6. The molecule has 1 aromatic carbocycles. The standard InChI is InChI=1S/C17H20F3N5O3S/c1-11-22-15(24-23-11)13-3-2-8-25(9-13)29(27,28)14-6-4-12(5-7-14)16(26)21-10-17(18,19)20/h4-7,13H,2-3,8-10H2,1H3,(H,21,26)(H,22,23,24). The number of hydrogen-bond acceptors (Lipinski definition) is 5. The molecule has 0 bridgehead atoms. The minimum absolute atomic E-state index is 0.0308. The van der Waals surface area contributed by atoms with Gasteiger partial charge in [0, 0.05) is 24.6 Å². The van der Waals surface area contributed by atoms with E-state index in [-0.39, 0.29) is 22.9 Å². The molecule has 1 unspecified atom stereocenters. The number of halogens is 3. The van der Waals surface area contributed by atoms with Gasteiger partial charge in [-0.05, 0) is 44.0 Å². The summed E-state index contributed by atoms with van der Waals surface area (Å²) in [5.41, 5.74) is -0.0547. The number of aromatic nitrogens is 3. The van der Waals surface area contributed by atoms with E-state index in [1.54, 1.807) is 12.2 Å². The lowest BCUT2D eigenvalue weighted by atomic mass is 9.99. The Morgan fingerprint density at radius 3 is 2.59 bits per heavy atom. The molecule has 12 heteroatoms. The van der Waals surface area contributed by atoms with E-state index < -0.39 is 28.7 Å². The second kappa shape index (κ2) is 8.11. The van der Waals surface area contributed by atoms with Gasteiger partial charge in [0.25, 0.3) is 5.91 Å². The topological polar surface area (TPSA) is 108 Å². The van der Waals surface area contributed by atoms with E-state index in [1.165, 1.54) is 28.6 Å². The van der Waals surface area contributed by atoms with Crippen molar-refractivity contribution in [1.82, 2.24) is 24.8 Å². The summed E-state index contributed by atoms with van der Waals surface area (Å²) in [6.07, 6.45) is -3.11. The molecule has 1 aromatic heterocycles. The Bertz CT molecular complexity index is 973. The number of alkyl halides is 3. The highest BCUT2D eigenvalue weighted by Gasteiger charge is 2.33. The van der Waals surface area contributed by atoms with E-state index in [1.807, 2.05) is 0 Å². The SMILES string of the molecule is Cc1nc(C2CCCN(S(=O)(=O)c3ccc(C(=O)NCC(F)(F)F)cc3)C2)n[nH]1. The number of amides is 1. The first-order valence-corrected chi connectivity index (χ1v) is 10.3. The summed E-state index contributed by atoms with van der Waals surface area (Å²) in [7, 11) is -3.82. The van der Waals surface area contributed by atoms with Crippen LogP contribution in [0.2, 0.25) is 0 Å². The van der Waals surface area contributed by atoms with Crippen LogP contribution in [0.15, 0.2) is 29.2 Å². The average molecular weight is 431 g/mol. The van der Waals surface area contributed by atoms with Gasteiger partial charge in [-0.2, -0.15) is 22.6 Å². The molecule has 0 saturated carbocycles. The maximum absolute atomic E-state index is 12.9. The van der Waals surface area contributed by atoms with Gasteiger partial charge in [-0.1, -0.05) is 0 Å². The lowest BCUT2D eigenvalue weighted by Gasteiger charge is -2.30. The smallest absolute Gasteiger partial charge is 0.343 e. The van der Waals surface area contributed by atoms with Crippen LogP contribution in [0.4, 0.5) is 13.2 Å². The minimum atomic E-state index is -4.52. The summed E-state index contributed by atoms with van der Waals surface area (Å²) < 4.78 is 63.8. The number of hydrogen-bond donors (Lipinski definition) is 2. The predicted octanol–water partition coefficient (Wildman–Crippen LogP) is 1.97. The highest BCUT2D eigenvalue weighted by atomic mass is 32.2. The minimum Gasteiger partial charge on any atom is -0.343 e. The average Bonchev–Trinajstić information content (AvgIpc) is 3.12. The van der Waals surface area contributed by atoms with Gasteiger partial charge < -0.3 is 5.32 Å². The van der Waals surface area contributed by atoms with Crippen LogP contribution in [0.5, 0.6) is 0 Å². The quantitative estimate of drug-likeness (QED) is 0.753. The van der Waals surface area contributed by atoms with Crippen LogP contribution in [0.25, 0.3) is 0 Å². The number of rotatable bonds is 5. The molecule has 2 aromatic rings. The first kappa shape index (κ1) is 21.2. The summed E-state index contributed by atoms with van der Waals surface area (Å²) >= 11 is 0. The Hall–Kier alpha value is -2.47.